The molecule has 0 spiro atoms. The highest BCUT2D eigenvalue weighted by Gasteiger charge is 2.30. The third-order valence-electron chi connectivity index (χ3n) is 4.19. The Balaban J connectivity index is 1.46. The van der Waals surface area contributed by atoms with E-state index in [2.05, 4.69) is 20.7 Å². The number of carbonyl (C=O) groups excluding carboxylic acids is 2. The summed E-state index contributed by atoms with van der Waals surface area (Å²) in [6.07, 6.45) is -0.366. The molecule has 1 aliphatic rings. The number of hydrogen-bond acceptors (Lipinski definition) is 6. The largest absolute Gasteiger partial charge is 0.446 e. The maximum absolute atomic E-state index is 12.1. The zero-order chi connectivity index (χ0) is 19.2. The first-order valence-corrected chi connectivity index (χ1v) is 8.47. The molecule has 3 rings (SSSR count). The van der Waals surface area contributed by atoms with Crippen molar-refractivity contribution in [2.24, 2.45) is 0 Å². The Bertz CT molecular complexity index is 765. The van der Waals surface area contributed by atoms with Crippen molar-refractivity contribution in [1.29, 1.82) is 0 Å². The van der Waals surface area contributed by atoms with Gasteiger partial charge in [0.1, 0.15) is 11.9 Å². The quantitative estimate of drug-likeness (QED) is 0.674. The van der Waals surface area contributed by atoms with Crippen LogP contribution in [-0.4, -0.2) is 46.4 Å². The highest BCUT2D eigenvalue weighted by Crippen LogP contribution is 2.35. The molecule has 0 aliphatic heterocycles. The van der Waals surface area contributed by atoms with Crippen molar-refractivity contribution < 1.29 is 27.6 Å². The number of nitrogens with zero attached hydrogens (tertiary/aromatic N) is 2. The lowest BCUT2D eigenvalue weighted by molar-refractivity contribution is -0.115. The van der Waals surface area contributed by atoms with Crippen LogP contribution in [0, 0.1) is 0 Å². The fourth-order valence-electron chi connectivity index (χ4n) is 2.97. The van der Waals surface area contributed by atoms with Gasteiger partial charge in [0.25, 0.3) is 6.43 Å². The smallest absolute Gasteiger partial charge is 0.407 e. The number of aromatic nitrogens is 3. The summed E-state index contributed by atoms with van der Waals surface area (Å²) in [5.41, 5.74) is 0.809. The van der Waals surface area contributed by atoms with Crippen LogP contribution in [0.1, 0.15) is 36.6 Å². The van der Waals surface area contributed by atoms with Crippen LogP contribution in [0.4, 0.5) is 19.4 Å². The molecule has 0 bridgehead atoms. The number of carbonyl (C=O) groups is 2. The van der Waals surface area contributed by atoms with Crippen LogP contribution in [0.3, 0.4) is 0 Å². The van der Waals surface area contributed by atoms with Crippen molar-refractivity contribution in [2.75, 3.05) is 11.9 Å². The minimum Gasteiger partial charge on any atom is -0.446 e. The van der Waals surface area contributed by atoms with E-state index in [4.69, 9.17) is 9.26 Å². The summed E-state index contributed by atoms with van der Waals surface area (Å²) in [6, 6.07) is 3.33. The van der Waals surface area contributed by atoms with Gasteiger partial charge < -0.3 is 19.9 Å². The molecule has 3 N–H and O–H groups in total. The first-order chi connectivity index (χ1) is 13.0. The van der Waals surface area contributed by atoms with E-state index in [-0.39, 0.29) is 24.3 Å². The molecule has 27 heavy (non-hydrogen) atoms. The van der Waals surface area contributed by atoms with Crippen LogP contribution in [0.2, 0.25) is 0 Å². The van der Waals surface area contributed by atoms with Crippen LogP contribution >= 0.6 is 0 Å². The van der Waals surface area contributed by atoms with E-state index in [0.717, 1.165) is 12.1 Å². The number of ether oxygens (including phenoxy) is 1. The number of amides is 2. The van der Waals surface area contributed by atoms with Gasteiger partial charge in [-0.25, -0.2) is 13.6 Å². The first-order valence-electron chi connectivity index (χ1n) is 8.47. The monoisotopic (exact) mass is 383 g/mol. The number of hydrogen-bond donors (Lipinski definition) is 3. The van der Waals surface area contributed by atoms with Crippen LogP contribution in [0.5, 0.6) is 0 Å². The van der Waals surface area contributed by atoms with Gasteiger partial charge in [-0.05, 0) is 19.3 Å². The van der Waals surface area contributed by atoms with Crippen molar-refractivity contribution in [3.8, 4) is 0 Å². The van der Waals surface area contributed by atoms with Crippen LogP contribution in [0.25, 0.3) is 0 Å². The molecule has 0 unspecified atom stereocenters. The summed E-state index contributed by atoms with van der Waals surface area (Å²) in [6.45, 7) is -0.730. The second kappa shape index (κ2) is 8.60. The molecule has 146 valence electrons. The number of anilines is 1. The van der Waals surface area contributed by atoms with Crippen molar-refractivity contribution in [3.05, 3.63) is 29.8 Å². The molecule has 2 aromatic rings. The average Bonchev–Trinajstić information content (AvgIpc) is 3.35. The molecule has 1 fully saturated rings. The second-order valence-corrected chi connectivity index (χ2v) is 6.22. The van der Waals surface area contributed by atoms with Crippen molar-refractivity contribution >= 4 is 17.8 Å². The van der Waals surface area contributed by atoms with E-state index >= 15 is 0 Å². The Morgan fingerprint density at radius 1 is 1.41 bits per heavy atom. The van der Waals surface area contributed by atoms with Crippen molar-refractivity contribution in [1.82, 2.24) is 20.7 Å². The number of nitrogens with one attached hydrogen (secondary N) is 3. The molecular formula is C16H19F2N5O4. The van der Waals surface area contributed by atoms with E-state index in [0.29, 0.717) is 24.4 Å². The molecule has 1 saturated carbocycles. The number of alkyl halides is 2. The van der Waals surface area contributed by atoms with Crippen LogP contribution in [0.15, 0.2) is 22.9 Å². The minimum absolute atomic E-state index is 0.0509. The Hall–Kier alpha value is -2.98. The van der Waals surface area contributed by atoms with Crippen molar-refractivity contribution in [2.45, 2.75) is 44.1 Å². The summed E-state index contributed by atoms with van der Waals surface area (Å²) >= 11 is 0. The fraction of sp³-hybridized carbons (Fsp3) is 0.500. The van der Waals surface area contributed by atoms with E-state index in [1.165, 1.54) is 6.20 Å². The van der Waals surface area contributed by atoms with Crippen LogP contribution < -0.4 is 10.6 Å². The summed E-state index contributed by atoms with van der Waals surface area (Å²) < 4.78 is 34.2. The third-order valence-corrected chi connectivity index (χ3v) is 4.19. The van der Waals surface area contributed by atoms with Crippen LogP contribution in [-0.2, 0) is 16.0 Å². The number of H-pyrrole nitrogens is 1. The summed E-state index contributed by atoms with van der Waals surface area (Å²) in [4.78, 5) is 23.4. The number of rotatable bonds is 7. The highest BCUT2D eigenvalue weighted by molar-refractivity contribution is 5.91. The average molecular weight is 383 g/mol. The van der Waals surface area contributed by atoms with Gasteiger partial charge in [-0.3, -0.25) is 9.89 Å². The van der Waals surface area contributed by atoms with Gasteiger partial charge in [0.2, 0.25) is 5.91 Å². The third kappa shape index (κ3) is 5.50. The molecule has 9 nitrogen and oxygen atoms in total. The second-order valence-electron chi connectivity index (χ2n) is 6.22. The van der Waals surface area contributed by atoms with E-state index < -0.39 is 19.1 Å². The van der Waals surface area contributed by atoms with E-state index in [9.17, 15) is 18.4 Å². The van der Waals surface area contributed by atoms with E-state index in [1.54, 1.807) is 12.1 Å². The van der Waals surface area contributed by atoms with Crippen molar-refractivity contribution in [3.63, 3.8) is 0 Å². The van der Waals surface area contributed by atoms with Gasteiger partial charge in [0.05, 0.1) is 19.2 Å². The van der Waals surface area contributed by atoms with Gasteiger partial charge in [0, 0.05) is 23.7 Å². The SMILES string of the molecule is O=C(Cc1ccno1)Nc1cc([C@H]2CC[C@@H](OC(=O)NCC(F)F)C2)[nH]n1. The molecule has 2 heterocycles. The normalized spacial score (nSPS) is 19.2. The molecule has 2 atom stereocenters. The number of halogens is 2. The van der Waals surface area contributed by atoms with Gasteiger partial charge in [-0.1, -0.05) is 5.16 Å². The van der Waals surface area contributed by atoms with Gasteiger partial charge in [-0.15, -0.1) is 0 Å². The zero-order valence-electron chi connectivity index (χ0n) is 14.3. The lowest BCUT2D eigenvalue weighted by Gasteiger charge is -2.12. The summed E-state index contributed by atoms with van der Waals surface area (Å²) in [7, 11) is 0. The molecule has 11 heteroatoms. The lowest BCUT2D eigenvalue weighted by Crippen LogP contribution is -2.31. The maximum atomic E-state index is 12.1. The number of aromatic amines is 1. The molecule has 1 aliphatic carbocycles. The Kier molecular flexibility index (Phi) is 5.99. The zero-order valence-corrected chi connectivity index (χ0v) is 14.3. The van der Waals surface area contributed by atoms with E-state index in [1.807, 2.05) is 5.32 Å². The predicted molar refractivity (Wildman–Crippen MR) is 88.3 cm³/mol. The summed E-state index contributed by atoms with van der Waals surface area (Å²) in [5, 5.41) is 15.1. The predicted octanol–water partition coefficient (Wildman–Crippen LogP) is 2.21. The standard InChI is InChI=1S/C16H19F2N5O4/c17-13(18)8-19-16(25)26-10-2-1-9(5-10)12-7-14(23-22-12)21-15(24)6-11-3-4-20-27-11/h3-4,7,9-10,13H,1-2,5-6,8H2,(H,19,25)(H2,21,22,23,24)/t9-,10+/m0/s1. The topological polar surface area (TPSA) is 122 Å². The molecule has 0 aromatic carbocycles. The lowest BCUT2D eigenvalue weighted by atomic mass is 10.0. The summed E-state index contributed by atoms with van der Waals surface area (Å²) in [5.74, 6) is 0.621. The fourth-order valence-corrected chi connectivity index (χ4v) is 2.97. The molecular weight excluding hydrogens is 364 g/mol. The minimum atomic E-state index is -2.61. The van der Waals surface area contributed by atoms with Gasteiger partial charge in [0.15, 0.2) is 5.82 Å². The van der Waals surface area contributed by atoms with Gasteiger partial charge in [-0.2, -0.15) is 5.10 Å². The highest BCUT2D eigenvalue weighted by atomic mass is 19.3. The Labute approximate surface area is 152 Å². The van der Waals surface area contributed by atoms with Gasteiger partial charge >= 0.3 is 6.09 Å². The first kappa shape index (κ1) is 18.8. The number of alkyl carbamates (subject to hydrolysis) is 1. The Morgan fingerprint density at radius 3 is 3.00 bits per heavy atom. The Morgan fingerprint density at radius 2 is 2.26 bits per heavy atom. The molecule has 2 aromatic heterocycles. The molecule has 2 amide bonds. The maximum Gasteiger partial charge on any atom is 0.407 e. The molecule has 0 saturated heterocycles. The molecule has 0 radical (unpaired) electrons.